The third kappa shape index (κ3) is 4.13. The fourth-order valence-corrected chi connectivity index (χ4v) is 3.97. The van der Waals surface area contributed by atoms with E-state index in [2.05, 4.69) is 9.88 Å². The van der Waals surface area contributed by atoms with Crippen LogP contribution in [-0.4, -0.2) is 43.7 Å². The zero-order chi connectivity index (χ0) is 16.3. The Morgan fingerprint density at radius 3 is 2.50 bits per heavy atom. The second kappa shape index (κ2) is 6.87. The van der Waals surface area contributed by atoms with E-state index in [1.807, 2.05) is 26.2 Å². The molecule has 7 heteroatoms. The van der Waals surface area contributed by atoms with Gasteiger partial charge < -0.3 is 0 Å². The van der Waals surface area contributed by atoms with Gasteiger partial charge in [-0.3, -0.25) is 4.90 Å². The van der Waals surface area contributed by atoms with Gasteiger partial charge in [0.1, 0.15) is 0 Å². The summed E-state index contributed by atoms with van der Waals surface area (Å²) in [6, 6.07) is 7.11. The minimum absolute atomic E-state index is 0.331. The Morgan fingerprint density at radius 1 is 1.18 bits per heavy atom. The van der Waals surface area contributed by atoms with Crippen LogP contribution in [0, 0.1) is 6.92 Å². The molecule has 1 heterocycles. The van der Waals surface area contributed by atoms with Crippen LogP contribution in [0.5, 0.6) is 0 Å². The van der Waals surface area contributed by atoms with Gasteiger partial charge in [-0.25, -0.2) is 17.7 Å². The summed E-state index contributed by atoms with van der Waals surface area (Å²) in [4.78, 5) is 7.93. The smallest absolute Gasteiger partial charge is 0.242 e. The molecule has 0 fully saturated rings. The molecule has 0 saturated heterocycles. The van der Waals surface area contributed by atoms with E-state index in [0.29, 0.717) is 11.4 Å². The summed E-state index contributed by atoms with van der Waals surface area (Å²) in [5, 5.41) is 1.06. The lowest BCUT2D eigenvalue weighted by Crippen LogP contribution is -2.22. The predicted octanol–water partition coefficient (Wildman–Crippen LogP) is 2.33. The third-order valence-corrected chi connectivity index (χ3v) is 5.93. The molecule has 0 aliphatic heterocycles. The highest BCUT2D eigenvalue weighted by Gasteiger charge is 2.17. The number of rotatable bonds is 6. The zero-order valence-corrected chi connectivity index (χ0v) is 14.9. The Hall–Kier alpha value is -1.28. The highest BCUT2D eigenvalue weighted by molar-refractivity contribution is 7.89. The van der Waals surface area contributed by atoms with E-state index in [-0.39, 0.29) is 0 Å². The van der Waals surface area contributed by atoms with Crippen molar-refractivity contribution < 1.29 is 8.42 Å². The number of nitrogens with zero attached hydrogens (tertiary/aromatic N) is 3. The quantitative estimate of drug-likeness (QED) is 0.810. The summed E-state index contributed by atoms with van der Waals surface area (Å²) in [6.45, 7) is 3.48. The Morgan fingerprint density at radius 2 is 1.91 bits per heavy atom. The first-order valence-electron chi connectivity index (χ1n) is 6.90. The molecular formula is C15H21N3O2S2. The summed E-state index contributed by atoms with van der Waals surface area (Å²) in [6.07, 6.45) is 1.89. The molecule has 0 saturated carbocycles. The van der Waals surface area contributed by atoms with Crippen LogP contribution in [-0.2, 0) is 23.1 Å². The second-order valence-corrected chi connectivity index (χ2v) is 8.92. The van der Waals surface area contributed by atoms with E-state index in [1.54, 1.807) is 43.6 Å². The van der Waals surface area contributed by atoms with Gasteiger partial charge in [0.2, 0.25) is 10.0 Å². The molecule has 0 atom stereocenters. The van der Waals surface area contributed by atoms with Gasteiger partial charge in [-0.1, -0.05) is 12.1 Å². The molecule has 0 radical (unpaired) electrons. The Kier molecular flexibility index (Phi) is 5.33. The van der Waals surface area contributed by atoms with Crippen molar-refractivity contribution in [3.8, 4) is 0 Å². The summed E-state index contributed by atoms with van der Waals surface area (Å²) in [5.41, 5.74) is 0.978. The van der Waals surface area contributed by atoms with Crippen LogP contribution in [0.15, 0.2) is 35.4 Å². The maximum absolute atomic E-state index is 12.2. The van der Waals surface area contributed by atoms with Gasteiger partial charge in [-0.05, 0) is 31.7 Å². The molecule has 0 spiro atoms. The summed E-state index contributed by atoms with van der Waals surface area (Å²) in [5.74, 6) is 0. The average molecular weight is 339 g/mol. The predicted molar refractivity (Wildman–Crippen MR) is 89.3 cm³/mol. The largest absolute Gasteiger partial charge is 0.297 e. The number of thiazole rings is 1. The van der Waals surface area contributed by atoms with Gasteiger partial charge in [0, 0.05) is 38.3 Å². The topological polar surface area (TPSA) is 53.5 Å². The molecule has 1 aromatic heterocycles. The van der Waals surface area contributed by atoms with E-state index in [9.17, 15) is 8.42 Å². The molecular weight excluding hydrogens is 318 g/mol. The molecule has 22 heavy (non-hydrogen) atoms. The number of sulfonamides is 1. The van der Waals surface area contributed by atoms with Crippen molar-refractivity contribution in [2.45, 2.75) is 24.9 Å². The van der Waals surface area contributed by atoms with Crippen molar-refractivity contribution in [1.82, 2.24) is 14.2 Å². The highest BCUT2D eigenvalue weighted by atomic mass is 32.2. The van der Waals surface area contributed by atoms with Gasteiger partial charge in [0.05, 0.1) is 9.90 Å². The molecule has 0 aliphatic carbocycles. The third-order valence-electron chi connectivity index (χ3n) is 3.22. The lowest BCUT2D eigenvalue weighted by molar-refractivity contribution is 0.321. The van der Waals surface area contributed by atoms with Crippen molar-refractivity contribution in [3.63, 3.8) is 0 Å². The minimum Gasteiger partial charge on any atom is -0.297 e. The van der Waals surface area contributed by atoms with E-state index in [1.165, 1.54) is 9.18 Å². The molecule has 1 aromatic carbocycles. The number of aryl methyl sites for hydroxylation is 1. The van der Waals surface area contributed by atoms with Crippen LogP contribution < -0.4 is 0 Å². The first-order valence-corrected chi connectivity index (χ1v) is 9.16. The molecule has 0 amide bonds. The van der Waals surface area contributed by atoms with Crippen molar-refractivity contribution in [1.29, 1.82) is 0 Å². The molecule has 120 valence electrons. The van der Waals surface area contributed by atoms with Gasteiger partial charge in [0.25, 0.3) is 0 Å². The maximum atomic E-state index is 12.2. The Bertz CT molecular complexity index is 739. The van der Waals surface area contributed by atoms with Gasteiger partial charge >= 0.3 is 0 Å². The van der Waals surface area contributed by atoms with Crippen molar-refractivity contribution >= 4 is 21.4 Å². The molecule has 0 bridgehead atoms. The van der Waals surface area contributed by atoms with Gasteiger partial charge in [-0.2, -0.15) is 0 Å². The van der Waals surface area contributed by atoms with Crippen molar-refractivity contribution in [3.05, 3.63) is 45.9 Å². The van der Waals surface area contributed by atoms with Gasteiger partial charge in [0.15, 0.2) is 0 Å². The molecule has 0 unspecified atom stereocenters. The lowest BCUT2D eigenvalue weighted by Gasteiger charge is -2.17. The fourth-order valence-electron chi connectivity index (χ4n) is 2.13. The molecule has 0 aliphatic rings. The van der Waals surface area contributed by atoms with Crippen molar-refractivity contribution in [2.75, 3.05) is 21.1 Å². The first-order chi connectivity index (χ1) is 10.3. The average Bonchev–Trinajstić information content (AvgIpc) is 2.84. The summed E-state index contributed by atoms with van der Waals surface area (Å²) >= 11 is 1.68. The monoisotopic (exact) mass is 339 g/mol. The standard InChI is InChI=1S/C15H21N3O2S2/c1-12-16-9-14(21-12)11-18(4)10-13-6-5-7-15(8-13)22(19,20)17(2)3/h5-9H,10-11H2,1-4H3. The van der Waals surface area contributed by atoms with E-state index < -0.39 is 10.0 Å². The minimum atomic E-state index is -3.38. The van der Waals surface area contributed by atoms with E-state index in [0.717, 1.165) is 17.1 Å². The van der Waals surface area contributed by atoms with Crippen LogP contribution in [0.1, 0.15) is 15.4 Å². The molecule has 5 nitrogen and oxygen atoms in total. The first kappa shape index (κ1) is 17.1. The molecule has 2 aromatic rings. The van der Waals surface area contributed by atoms with Crippen LogP contribution in [0.25, 0.3) is 0 Å². The summed E-state index contributed by atoms with van der Waals surface area (Å²) < 4.78 is 25.6. The molecule has 0 N–H and O–H groups in total. The van der Waals surface area contributed by atoms with Crippen LogP contribution in [0.4, 0.5) is 0 Å². The van der Waals surface area contributed by atoms with Crippen LogP contribution >= 0.6 is 11.3 Å². The van der Waals surface area contributed by atoms with Crippen molar-refractivity contribution in [2.24, 2.45) is 0 Å². The van der Waals surface area contributed by atoms with Crippen LogP contribution in [0.3, 0.4) is 0 Å². The maximum Gasteiger partial charge on any atom is 0.242 e. The highest BCUT2D eigenvalue weighted by Crippen LogP contribution is 2.18. The SMILES string of the molecule is Cc1ncc(CN(C)Cc2cccc(S(=O)(=O)N(C)C)c2)s1. The Labute approximate surface area is 136 Å². The number of hydrogen-bond donors (Lipinski definition) is 0. The summed E-state index contributed by atoms with van der Waals surface area (Å²) in [7, 11) is 1.72. The van der Waals surface area contributed by atoms with E-state index in [4.69, 9.17) is 0 Å². The van der Waals surface area contributed by atoms with Gasteiger partial charge in [-0.15, -0.1) is 11.3 Å². The fraction of sp³-hybridized carbons (Fsp3) is 0.400. The normalized spacial score (nSPS) is 12.3. The number of aromatic nitrogens is 1. The zero-order valence-electron chi connectivity index (χ0n) is 13.3. The Balaban J connectivity index is 2.10. The lowest BCUT2D eigenvalue weighted by atomic mass is 10.2. The number of benzene rings is 1. The van der Waals surface area contributed by atoms with Crippen LogP contribution in [0.2, 0.25) is 0 Å². The second-order valence-electron chi connectivity index (χ2n) is 5.45. The number of hydrogen-bond acceptors (Lipinski definition) is 5. The van der Waals surface area contributed by atoms with E-state index >= 15 is 0 Å². The molecule has 2 rings (SSSR count).